The Kier molecular flexibility index (Phi) is 7.22. The van der Waals surface area contributed by atoms with E-state index >= 15 is 0 Å². The number of hydrogen-bond acceptors (Lipinski definition) is 4. The number of urea groups is 1. The average Bonchev–Trinajstić information content (AvgIpc) is 3.27. The summed E-state index contributed by atoms with van der Waals surface area (Å²) in [5.41, 5.74) is 2.42. The van der Waals surface area contributed by atoms with E-state index in [2.05, 4.69) is 15.6 Å². The summed E-state index contributed by atoms with van der Waals surface area (Å²) in [5, 5.41) is 5.55. The van der Waals surface area contributed by atoms with Crippen molar-refractivity contribution in [3.05, 3.63) is 65.8 Å². The van der Waals surface area contributed by atoms with Crippen LogP contribution < -0.4 is 10.6 Å². The van der Waals surface area contributed by atoms with Crippen LogP contribution in [0.1, 0.15) is 50.0 Å². The van der Waals surface area contributed by atoms with Gasteiger partial charge >= 0.3 is 6.03 Å². The summed E-state index contributed by atoms with van der Waals surface area (Å²) < 4.78 is 18.9. The first-order chi connectivity index (χ1) is 16.0. The molecule has 1 saturated heterocycles. The number of halogens is 1. The molecule has 0 radical (unpaired) electrons. The minimum atomic E-state index is -0.580. The van der Waals surface area contributed by atoms with Gasteiger partial charge in [-0.1, -0.05) is 37.6 Å². The summed E-state index contributed by atoms with van der Waals surface area (Å²) in [6, 6.07) is 12.6. The van der Waals surface area contributed by atoms with Gasteiger partial charge in [-0.25, -0.2) is 14.2 Å². The Balaban J connectivity index is 1.30. The molecule has 3 aromatic rings. The smallest absolute Gasteiger partial charge is 0.315 e. The zero-order chi connectivity index (χ0) is 23.2. The van der Waals surface area contributed by atoms with Crippen LogP contribution in [0, 0.1) is 5.82 Å². The lowest BCUT2D eigenvalue weighted by atomic mass is 9.96. The molecule has 0 bridgehead atoms. The van der Waals surface area contributed by atoms with Gasteiger partial charge in [-0.05, 0) is 49.1 Å². The monoisotopic (exact) mass is 452 g/mol. The third kappa shape index (κ3) is 5.69. The molecule has 2 N–H and O–H groups in total. The van der Waals surface area contributed by atoms with E-state index in [1.54, 1.807) is 12.1 Å². The summed E-state index contributed by atoms with van der Waals surface area (Å²) in [6.45, 7) is 3.44. The third-order valence-electron chi connectivity index (χ3n) is 6.01. The number of aromatic nitrogens is 1. The first-order valence-electron chi connectivity index (χ1n) is 11.5. The molecular weight excluding hydrogens is 423 g/mol. The van der Waals surface area contributed by atoms with Crippen LogP contribution >= 0.6 is 0 Å². The molecule has 0 saturated carbocycles. The average molecular weight is 453 g/mol. The van der Waals surface area contributed by atoms with Gasteiger partial charge in [0.1, 0.15) is 17.4 Å². The number of likely N-dealkylation sites (tertiary alicyclic amines) is 1. The standard InChI is InChI=1S/C25H29FN4O3/c1-2-5-21(29-25(32)27-16-17-8-10-19(26)11-9-17)24(31)30-14-12-18(13-15-30)23-28-20-6-3-4-7-22(20)33-23/h3-4,6-11,18,21H,2,5,12-16H2,1H3,(H2,27,29,32). The molecule has 1 aromatic heterocycles. The van der Waals surface area contributed by atoms with Crippen molar-refractivity contribution in [3.63, 3.8) is 0 Å². The number of benzene rings is 2. The summed E-state index contributed by atoms with van der Waals surface area (Å²) in [6.07, 6.45) is 2.88. The van der Waals surface area contributed by atoms with Crippen molar-refractivity contribution >= 4 is 23.0 Å². The molecule has 33 heavy (non-hydrogen) atoms. The predicted octanol–water partition coefficient (Wildman–Crippen LogP) is 4.34. The highest BCUT2D eigenvalue weighted by Gasteiger charge is 2.31. The van der Waals surface area contributed by atoms with Crippen molar-refractivity contribution in [3.8, 4) is 0 Å². The Morgan fingerprint density at radius 3 is 2.58 bits per heavy atom. The number of piperidine rings is 1. The Morgan fingerprint density at radius 2 is 1.88 bits per heavy atom. The number of nitrogens with one attached hydrogen (secondary N) is 2. The highest BCUT2D eigenvalue weighted by atomic mass is 19.1. The van der Waals surface area contributed by atoms with Gasteiger partial charge in [0, 0.05) is 25.6 Å². The summed E-state index contributed by atoms with van der Waals surface area (Å²) in [5.74, 6) is 0.520. The van der Waals surface area contributed by atoms with Crippen LogP contribution in [0.4, 0.5) is 9.18 Å². The molecule has 0 aliphatic carbocycles. The van der Waals surface area contributed by atoms with Crippen LogP contribution in [0.5, 0.6) is 0 Å². The molecule has 2 heterocycles. The molecule has 1 aliphatic rings. The maximum Gasteiger partial charge on any atom is 0.315 e. The number of fused-ring (bicyclic) bond motifs is 1. The van der Waals surface area contributed by atoms with E-state index in [-0.39, 0.29) is 24.2 Å². The molecule has 8 heteroatoms. The van der Waals surface area contributed by atoms with Gasteiger partial charge in [0.2, 0.25) is 5.91 Å². The zero-order valence-corrected chi connectivity index (χ0v) is 18.7. The number of carbonyl (C=O) groups is 2. The molecule has 1 fully saturated rings. The van der Waals surface area contributed by atoms with E-state index in [9.17, 15) is 14.0 Å². The molecule has 174 valence electrons. The molecule has 0 spiro atoms. The fourth-order valence-corrected chi connectivity index (χ4v) is 4.17. The van der Waals surface area contributed by atoms with Crippen molar-refractivity contribution < 1.29 is 18.4 Å². The van der Waals surface area contributed by atoms with Crippen LogP contribution in [0.2, 0.25) is 0 Å². The molecule has 2 aromatic carbocycles. The Bertz CT molecular complexity index is 1060. The number of nitrogens with zero attached hydrogens (tertiary/aromatic N) is 2. The van der Waals surface area contributed by atoms with E-state index < -0.39 is 12.1 Å². The van der Waals surface area contributed by atoms with Gasteiger partial charge in [-0.2, -0.15) is 0 Å². The van der Waals surface area contributed by atoms with Crippen LogP contribution in [0.15, 0.2) is 52.9 Å². The van der Waals surface area contributed by atoms with E-state index in [0.717, 1.165) is 41.8 Å². The number of para-hydroxylation sites is 2. The minimum absolute atomic E-state index is 0.0650. The van der Waals surface area contributed by atoms with Crippen molar-refractivity contribution in [2.45, 2.75) is 51.1 Å². The predicted molar refractivity (Wildman–Crippen MR) is 123 cm³/mol. The maximum absolute atomic E-state index is 13.1. The summed E-state index contributed by atoms with van der Waals surface area (Å²) >= 11 is 0. The van der Waals surface area contributed by atoms with Gasteiger partial charge in [-0.15, -0.1) is 0 Å². The van der Waals surface area contributed by atoms with E-state index in [0.29, 0.717) is 19.5 Å². The van der Waals surface area contributed by atoms with E-state index in [1.165, 1.54) is 12.1 Å². The van der Waals surface area contributed by atoms with Gasteiger partial charge in [-0.3, -0.25) is 4.79 Å². The third-order valence-corrected chi connectivity index (χ3v) is 6.01. The van der Waals surface area contributed by atoms with E-state index in [4.69, 9.17) is 4.42 Å². The number of hydrogen-bond donors (Lipinski definition) is 2. The van der Waals surface area contributed by atoms with Gasteiger partial charge in [0.05, 0.1) is 0 Å². The molecule has 1 atom stereocenters. The van der Waals surface area contributed by atoms with Crippen molar-refractivity contribution in [2.75, 3.05) is 13.1 Å². The fraction of sp³-hybridized carbons (Fsp3) is 0.400. The Labute approximate surface area is 192 Å². The van der Waals surface area contributed by atoms with Crippen LogP contribution in [0.3, 0.4) is 0 Å². The second-order valence-electron chi connectivity index (χ2n) is 8.41. The summed E-state index contributed by atoms with van der Waals surface area (Å²) in [4.78, 5) is 31.9. The van der Waals surface area contributed by atoms with Crippen LogP contribution in [-0.4, -0.2) is 41.0 Å². The van der Waals surface area contributed by atoms with Crippen molar-refractivity contribution in [1.82, 2.24) is 20.5 Å². The molecule has 3 amide bonds. The largest absolute Gasteiger partial charge is 0.440 e. The molecule has 1 aliphatic heterocycles. The van der Waals surface area contributed by atoms with Crippen LogP contribution in [0.25, 0.3) is 11.1 Å². The molecule has 7 nitrogen and oxygen atoms in total. The quantitative estimate of drug-likeness (QED) is 0.558. The number of amides is 3. The second-order valence-corrected chi connectivity index (χ2v) is 8.41. The Hall–Kier alpha value is -3.42. The second kappa shape index (κ2) is 10.5. The minimum Gasteiger partial charge on any atom is -0.440 e. The molecular formula is C25H29FN4O3. The molecule has 1 unspecified atom stereocenters. The van der Waals surface area contributed by atoms with E-state index in [1.807, 2.05) is 36.1 Å². The fourth-order valence-electron chi connectivity index (χ4n) is 4.17. The lowest BCUT2D eigenvalue weighted by molar-refractivity contribution is -0.134. The number of rotatable bonds is 7. The van der Waals surface area contributed by atoms with Crippen molar-refractivity contribution in [2.24, 2.45) is 0 Å². The first kappa shape index (κ1) is 22.8. The summed E-state index contributed by atoms with van der Waals surface area (Å²) in [7, 11) is 0. The van der Waals surface area contributed by atoms with Crippen LogP contribution in [-0.2, 0) is 11.3 Å². The van der Waals surface area contributed by atoms with Crippen molar-refractivity contribution in [1.29, 1.82) is 0 Å². The molecule has 4 rings (SSSR count). The first-order valence-corrected chi connectivity index (χ1v) is 11.5. The maximum atomic E-state index is 13.1. The number of carbonyl (C=O) groups excluding carboxylic acids is 2. The SMILES string of the molecule is CCCC(NC(=O)NCc1ccc(F)cc1)C(=O)N1CCC(c2nc3ccccc3o2)CC1. The van der Waals surface area contributed by atoms with Gasteiger partial charge in [0.25, 0.3) is 0 Å². The normalized spacial score (nSPS) is 15.4. The Morgan fingerprint density at radius 1 is 1.15 bits per heavy atom. The highest BCUT2D eigenvalue weighted by Crippen LogP contribution is 2.30. The lowest BCUT2D eigenvalue weighted by Crippen LogP contribution is -2.52. The number of oxazole rings is 1. The lowest BCUT2D eigenvalue weighted by Gasteiger charge is -2.33. The van der Waals surface area contributed by atoms with Gasteiger partial charge in [0.15, 0.2) is 11.5 Å². The zero-order valence-electron chi connectivity index (χ0n) is 18.7. The van der Waals surface area contributed by atoms with Gasteiger partial charge < -0.3 is 20.0 Å². The highest BCUT2D eigenvalue weighted by molar-refractivity contribution is 5.87. The topological polar surface area (TPSA) is 87.5 Å².